The summed E-state index contributed by atoms with van der Waals surface area (Å²) in [5.41, 5.74) is 3.44. The topological polar surface area (TPSA) is 83.3 Å². The van der Waals surface area contributed by atoms with Crippen molar-refractivity contribution in [2.24, 2.45) is 4.99 Å². The Labute approximate surface area is 135 Å². The van der Waals surface area contributed by atoms with Crippen LogP contribution in [0, 0.1) is 4.84 Å². The zero-order valence-electron chi connectivity index (χ0n) is 11.7. The number of anilines is 1. The van der Waals surface area contributed by atoms with E-state index >= 15 is 0 Å². The van der Waals surface area contributed by atoms with Crippen LogP contribution in [0.2, 0.25) is 0 Å². The van der Waals surface area contributed by atoms with E-state index in [0.717, 1.165) is 16.8 Å². The molecule has 1 aliphatic rings. The van der Waals surface area contributed by atoms with Gasteiger partial charge in [-0.15, -0.1) is 5.10 Å². The van der Waals surface area contributed by atoms with Crippen LogP contribution in [-0.4, -0.2) is 21.8 Å². The summed E-state index contributed by atoms with van der Waals surface area (Å²) >= 11 is 4.85. The van der Waals surface area contributed by atoms with Crippen LogP contribution in [0.15, 0.2) is 57.9 Å². The van der Waals surface area contributed by atoms with Crippen molar-refractivity contribution in [3.8, 4) is 11.5 Å². The fourth-order valence-corrected chi connectivity index (χ4v) is 2.50. The van der Waals surface area contributed by atoms with E-state index < -0.39 is 0 Å². The lowest BCUT2D eigenvalue weighted by atomic mass is 10.1. The molecule has 1 aromatic heterocycles. The number of rotatable bonds is 2. The first-order valence-corrected chi connectivity index (χ1v) is 7.27. The minimum atomic E-state index is -0.201. The van der Waals surface area contributed by atoms with Gasteiger partial charge in [0.1, 0.15) is 5.71 Å². The third-order valence-electron chi connectivity index (χ3n) is 3.44. The highest BCUT2D eigenvalue weighted by atomic mass is 32.1. The predicted octanol–water partition coefficient (Wildman–Crippen LogP) is 3.47. The van der Waals surface area contributed by atoms with Gasteiger partial charge >= 0.3 is 0 Å². The molecule has 2 heterocycles. The van der Waals surface area contributed by atoms with Crippen molar-refractivity contribution in [1.29, 1.82) is 0 Å². The molecule has 7 heteroatoms. The Kier molecular flexibility index (Phi) is 3.13. The average molecular weight is 322 g/mol. The van der Waals surface area contributed by atoms with Gasteiger partial charge in [0.15, 0.2) is 0 Å². The highest BCUT2D eigenvalue weighted by molar-refractivity contribution is 7.71. The summed E-state index contributed by atoms with van der Waals surface area (Å²) < 4.78 is 5.25. The molecular formula is C16H10N4O2S. The van der Waals surface area contributed by atoms with Gasteiger partial charge in [0.25, 0.3) is 10.7 Å². The summed E-state index contributed by atoms with van der Waals surface area (Å²) in [4.78, 5) is 16.7. The van der Waals surface area contributed by atoms with E-state index in [1.165, 1.54) is 0 Å². The summed E-state index contributed by atoms with van der Waals surface area (Å²) in [6, 6.07) is 14.7. The number of benzene rings is 2. The maximum absolute atomic E-state index is 12.0. The molecule has 4 rings (SSSR count). The molecule has 0 atom stereocenters. The number of H-pyrrole nitrogens is 1. The Hall–Kier alpha value is -3.06. The molecule has 1 amide bonds. The Bertz CT molecular complexity index is 986. The fraction of sp³-hybridized carbons (Fsp3) is 0. The Morgan fingerprint density at radius 1 is 1.09 bits per heavy atom. The molecule has 0 bridgehead atoms. The molecule has 112 valence electrons. The van der Waals surface area contributed by atoms with Crippen molar-refractivity contribution in [2.75, 3.05) is 5.32 Å². The van der Waals surface area contributed by atoms with Gasteiger partial charge in [-0.05, 0) is 42.5 Å². The number of aromatic nitrogens is 2. The van der Waals surface area contributed by atoms with Crippen LogP contribution >= 0.6 is 12.2 Å². The lowest BCUT2D eigenvalue weighted by Gasteiger charge is -1.99. The quantitative estimate of drug-likeness (QED) is 0.708. The predicted molar refractivity (Wildman–Crippen MR) is 88.4 cm³/mol. The van der Waals surface area contributed by atoms with E-state index in [1.807, 2.05) is 36.4 Å². The van der Waals surface area contributed by atoms with Crippen LogP contribution in [0.4, 0.5) is 11.4 Å². The molecule has 0 fully saturated rings. The third-order valence-corrected chi connectivity index (χ3v) is 3.61. The van der Waals surface area contributed by atoms with Crippen molar-refractivity contribution >= 4 is 35.2 Å². The minimum Gasteiger partial charge on any atom is -0.409 e. The molecule has 2 aromatic carbocycles. The number of para-hydroxylation sites is 1. The van der Waals surface area contributed by atoms with E-state index in [1.54, 1.807) is 12.1 Å². The normalized spacial score (nSPS) is 14.8. The van der Waals surface area contributed by atoms with Crippen molar-refractivity contribution in [1.82, 2.24) is 10.2 Å². The lowest BCUT2D eigenvalue weighted by molar-refractivity contribution is -0.110. The number of carbonyl (C=O) groups is 1. The van der Waals surface area contributed by atoms with Gasteiger partial charge in [0.05, 0.1) is 11.4 Å². The second kappa shape index (κ2) is 5.29. The summed E-state index contributed by atoms with van der Waals surface area (Å²) in [6.07, 6.45) is 0. The second-order valence-electron chi connectivity index (χ2n) is 4.93. The standard InChI is InChI=1S/C16H10N4O2S/c21-14-13(11-3-1-2-4-12(11)18-14)17-10-7-5-9(6-8-10)15-19-20-16(23)22-15/h1-8H,(H,20,23)(H,17,18,21). The first-order chi connectivity index (χ1) is 11.2. The maximum atomic E-state index is 12.0. The van der Waals surface area contributed by atoms with Gasteiger partial charge in [-0.3, -0.25) is 4.79 Å². The monoisotopic (exact) mass is 322 g/mol. The number of nitrogens with one attached hydrogen (secondary N) is 2. The van der Waals surface area contributed by atoms with Crippen LogP contribution in [0.3, 0.4) is 0 Å². The number of amides is 1. The van der Waals surface area contributed by atoms with Gasteiger partial charge in [-0.1, -0.05) is 18.2 Å². The first kappa shape index (κ1) is 13.6. The van der Waals surface area contributed by atoms with Gasteiger partial charge in [-0.25, -0.2) is 10.1 Å². The number of hydrogen-bond donors (Lipinski definition) is 2. The smallest absolute Gasteiger partial charge is 0.284 e. The summed E-state index contributed by atoms with van der Waals surface area (Å²) in [6.45, 7) is 0. The third kappa shape index (κ3) is 2.47. The lowest BCUT2D eigenvalue weighted by Crippen LogP contribution is -2.13. The van der Waals surface area contributed by atoms with Gasteiger partial charge in [-0.2, -0.15) is 0 Å². The molecular weight excluding hydrogens is 312 g/mol. The fourth-order valence-electron chi connectivity index (χ4n) is 2.37. The molecule has 0 radical (unpaired) electrons. The number of nitrogens with zero attached hydrogens (tertiary/aromatic N) is 2. The SMILES string of the molecule is O=C1Nc2ccccc2C1=Nc1ccc(-c2n[nH]c(=S)o2)cc1. The highest BCUT2D eigenvalue weighted by Gasteiger charge is 2.25. The van der Waals surface area contributed by atoms with Crippen LogP contribution in [-0.2, 0) is 4.79 Å². The van der Waals surface area contributed by atoms with Gasteiger partial charge in [0, 0.05) is 11.1 Å². The molecule has 0 spiro atoms. The van der Waals surface area contributed by atoms with Crippen LogP contribution < -0.4 is 5.32 Å². The zero-order valence-corrected chi connectivity index (χ0v) is 12.6. The molecule has 3 aromatic rings. The molecule has 0 saturated carbocycles. The largest absolute Gasteiger partial charge is 0.409 e. The minimum absolute atomic E-state index is 0.201. The van der Waals surface area contributed by atoms with Crippen molar-refractivity contribution in [2.45, 2.75) is 0 Å². The number of aromatic amines is 1. The van der Waals surface area contributed by atoms with Crippen LogP contribution in [0.25, 0.3) is 11.5 Å². The molecule has 2 N–H and O–H groups in total. The van der Waals surface area contributed by atoms with E-state index in [9.17, 15) is 4.79 Å². The van der Waals surface area contributed by atoms with Crippen molar-refractivity contribution in [3.63, 3.8) is 0 Å². The Morgan fingerprint density at radius 3 is 2.61 bits per heavy atom. The molecule has 1 aliphatic heterocycles. The summed E-state index contributed by atoms with van der Waals surface area (Å²) in [5.74, 6) is 0.214. The van der Waals surface area contributed by atoms with Crippen LogP contribution in [0.1, 0.15) is 5.56 Å². The summed E-state index contributed by atoms with van der Waals surface area (Å²) in [7, 11) is 0. The van der Waals surface area contributed by atoms with Crippen molar-refractivity contribution < 1.29 is 9.21 Å². The van der Waals surface area contributed by atoms with E-state index in [2.05, 4.69) is 20.5 Å². The first-order valence-electron chi connectivity index (χ1n) is 6.86. The van der Waals surface area contributed by atoms with Crippen molar-refractivity contribution in [3.05, 3.63) is 58.9 Å². The second-order valence-corrected chi connectivity index (χ2v) is 5.30. The molecule has 0 unspecified atom stereocenters. The number of carbonyl (C=O) groups excluding carboxylic acids is 1. The highest BCUT2D eigenvalue weighted by Crippen LogP contribution is 2.26. The molecule has 0 saturated heterocycles. The summed E-state index contributed by atoms with van der Waals surface area (Å²) in [5, 5.41) is 9.34. The molecule has 0 aliphatic carbocycles. The van der Waals surface area contributed by atoms with Crippen LogP contribution in [0.5, 0.6) is 0 Å². The van der Waals surface area contributed by atoms with Gasteiger partial charge in [0.2, 0.25) is 5.89 Å². The van der Waals surface area contributed by atoms with E-state index in [0.29, 0.717) is 17.3 Å². The van der Waals surface area contributed by atoms with E-state index in [-0.39, 0.29) is 10.7 Å². The number of aliphatic imine (C=N–C) groups is 1. The Balaban J connectivity index is 1.69. The number of fused-ring (bicyclic) bond motifs is 1. The average Bonchev–Trinajstić information content (AvgIpc) is 3.12. The zero-order chi connectivity index (χ0) is 15.8. The molecule has 6 nitrogen and oxygen atoms in total. The molecule has 23 heavy (non-hydrogen) atoms. The Morgan fingerprint density at radius 2 is 1.87 bits per heavy atom. The maximum Gasteiger partial charge on any atom is 0.284 e. The van der Waals surface area contributed by atoms with Gasteiger partial charge < -0.3 is 9.73 Å². The van der Waals surface area contributed by atoms with E-state index in [4.69, 9.17) is 16.6 Å². The number of hydrogen-bond acceptors (Lipinski definition) is 5.